The molecular weight excluding hydrogens is 202 g/mol. The average molecular weight is 227 g/mol. The molecule has 1 fully saturated rings. The highest BCUT2D eigenvalue weighted by Gasteiger charge is 2.13. The second-order valence-corrected chi connectivity index (χ2v) is 4.41. The second kappa shape index (κ2) is 7.49. The van der Waals surface area contributed by atoms with Crippen LogP contribution in [0.15, 0.2) is 0 Å². The van der Waals surface area contributed by atoms with E-state index in [-0.39, 0.29) is 6.03 Å². The van der Waals surface area contributed by atoms with E-state index in [1.54, 1.807) is 0 Å². The molecule has 1 unspecified atom stereocenters. The van der Waals surface area contributed by atoms with Gasteiger partial charge in [0.05, 0.1) is 0 Å². The summed E-state index contributed by atoms with van der Waals surface area (Å²) in [7, 11) is 0. The van der Waals surface area contributed by atoms with E-state index in [4.69, 9.17) is 0 Å². The molecule has 1 rings (SSSR count). The normalized spacial score (nSPS) is 20.5. The summed E-state index contributed by atoms with van der Waals surface area (Å²) in [6.45, 7) is 8.66. The van der Waals surface area contributed by atoms with Crippen molar-refractivity contribution < 1.29 is 4.79 Å². The second-order valence-electron chi connectivity index (χ2n) is 4.41. The topological polar surface area (TPSA) is 44.4 Å². The summed E-state index contributed by atoms with van der Waals surface area (Å²) >= 11 is 0. The molecule has 0 aromatic carbocycles. The van der Waals surface area contributed by atoms with Crippen molar-refractivity contribution in [2.75, 3.05) is 32.7 Å². The van der Waals surface area contributed by atoms with Crippen LogP contribution in [0.2, 0.25) is 0 Å². The van der Waals surface area contributed by atoms with E-state index in [1.807, 2.05) is 18.7 Å². The summed E-state index contributed by atoms with van der Waals surface area (Å²) < 4.78 is 0. The first kappa shape index (κ1) is 13.3. The number of amides is 2. The van der Waals surface area contributed by atoms with Crippen LogP contribution >= 0.6 is 0 Å². The number of urea groups is 1. The lowest BCUT2D eigenvalue weighted by Gasteiger charge is -2.24. The maximum Gasteiger partial charge on any atom is 0.317 e. The van der Waals surface area contributed by atoms with Crippen molar-refractivity contribution in [1.29, 1.82) is 0 Å². The van der Waals surface area contributed by atoms with Gasteiger partial charge in [0.1, 0.15) is 0 Å². The number of nitrogens with zero attached hydrogens (tertiary/aromatic N) is 1. The van der Waals surface area contributed by atoms with Gasteiger partial charge in [0.25, 0.3) is 0 Å². The van der Waals surface area contributed by atoms with Crippen LogP contribution in [0.4, 0.5) is 4.79 Å². The third-order valence-corrected chi connectivity index (χ3v) is 3.28. The van der Waals surface area contributed by atoms with E-state index >= 15 is 0 Å². The minimum Gasteiger partial charge on any atom is -0.338 e. The fourth-order valence-electron chi connectivity index (χ4n) is 2.18. The molecular formula is C12H25N3O. The summed E-state index contributed by atoms with van der Waals surface area (Å²) in [5, 5.41) is 6.39. The molecule has 1 aliphatic rings. The Kier molecular flexibility index (Phi) is 6.23. The summed E-state index contributed by atoms with van der Waals surface area (Å²) in [6.07, 6.45) is 3.67. The van der Waals surface area contributed by atoms with Gasteiger partial charge >= 0.3 is 6.03 Å². The lowest BCUT2D eigenvalue weighted by molar-refractivity contribution is 0.202. The van der Waals surface area contributed by atoms with E-state index in [0.29, 0.717) is 0 Å². The Morgan fingerprint density at radius 2 is 2.19 bits per heavy atom. The molecule has 0 spiro atoms. The van der Waals surface area contributed by atoms with Crippen LogP contribution in [0.3, 0.4) is 0 Å². The Bertz CT molecular complexity index is 198. The maximum absolute atomic E-state index is 11.6. The van der Waals surface area contributed by atoms with Crippen molar-refractivity contribution in [3.8, 4) is 0 Å². The standard InChI is InChI=1S/C12H25N3O/c1-3-15(4-2)12(16)14-9-7-11-6-5-8-13-10-11/h11,13H,3-10H2,1-2H3,(H,14,16). The molecule has 0 aliphatic carbocycles. The van der Waals surface area contributed by atoms with Crippen molar-refractivity contribution in [2.24, 2.45) is 5.92 Å². The number of hydrogen-bond donors (Lipinski definition) is 2. The SMILES string of the molecule is CCN(CC)C(=O)NCCC1CCCNC1. The zero-order chi connectivity index (χ0) is 11.8. The highest BCUT2D eigenvalue weighted by Crippen LogP contribution is 2.12. The van der Waals surface area contributed by atoms with E-state index in [0.717, 1.165) is 45.1 Å². The largest absolute Gasteiger partial charge is 0.338 e. The number of nitrogens with one attached hydrogen (secondary N) is 2. The molecule has 0 aromatic rings. The van der Waals surface area contributed by atoms with Crippen LogP contribution in [-0.2, 0) is 0 Å². The molecule has 1 heterocycles. The van der Waals surface area contributed by atoms with Gasteiger partial charge < -0.3 is 15.5 Å². The van der Waals surface area contributed by atoms with Gasteiger partial charge in [0.15, 0.2) is 0 Å². The van der Waals surface area contributed by atoms with Gasteiger partial charge in [-0.1, -0.05) is 0 Å². The van der Waals surface area contributed by atoms with Crippen molar-refractivity contribution in [2.45, 2.75) is 33.1 Å². The molecule has 1 saturated heterocycles. The molecule has 0 aromatic heterocycles. The van der Waals surface area contributed by atoms with Crippen LogP contribution in [0.1, 0.15) is 33.1 Å². The van der Waals surface area contributed by atoms with Gasteiger partial charge in [-0.3, -0.25) is 0 Å². The number of hydrogen-bond acceptors (Lipinski definition) is 2. The van der Waals surface area contributed by atoms with Gasteiger partial charge in [0.2, 0.25) is 0 Å². The summed E-state index contributed by atoms with van der Waals surface area (Å²) in [4.78, 5) is 13.5. The maximum atomic E-state index is 11.6. The van der Waals surface area contributed by atoms with E-state index in [1.165, 1.54) is 12.8 Å². The lowest BCUT2D eigenvalue weighted by atomic mass is 9.96. The van der Waals surface area contributed by atoms with Gasteiger partial charge in [-0.2, -0.15) is 0 Å². The Balaban J connectivity index is 2.11. The van der Waals surface area contributed by atoms with E-state index in [9.17, 15) is 4.79 Å². The zero-order valence-electron chi connectivity index (χ0n) is 10.6. The molecule has 0 bridgehead atoms. The molecule has 0 saturated carbocycles. The minimum atomic E-state index is 0.0776. The first-order valence-electron chi connectivity index (χ1n) is 6.51. The third-order valence-electron chi connectivity index (χ3n) is 3.28. The first-order valence-corrected chi connectivity index (χ1v) is 6.51. The monoisotopic (exact) mass is 227 g/mol. The van der Waals surface area contributed by atoms with Crippen LogP contribution in [-0.4, -0.2) is 43.7 Å². The Morgan fingerprint density at radius 1 is 1.44 bits per heavy atom. The zero-order valence-corrected chi connectivity index (χ0v) is 10.6. The van der Waals surface area contributed by atoms with Crippen LogP contribution in [0.25, 0.3) is 0 Å². The average Bonchev–Trinajstić information content (AvgIpc) is 2.32. The highest BCUT2D eigenvalue weighted by atomic mass is 16.2. The first-order chi connectivity index (χ1) is 7.77. The smallest absolute Gasteiger partial charge is 0.317 e. The number of piperidine rings is 1. The Morgan fingerprint density at radius 3 is 2.75 bits per heavy atom. The predicted octanol–water partition coefficient (Wildman–Crippen LogP) is 1.43. The van der Waals surface area contributed by atoms with Crippen molar-refractivity contribution in [1.82, 2.24) is 15.5 Å². The molecule has 16 heavy (non-hydrogen) atoms. The number of rotatable bonds is 5. The predicted molar refractivity (Wildman–Crippen MR) is 66.5 cm³/mol. The number of carbonyl (C=O) groups is 1. The summed E-state index contributed by atoms with van der Waals surface area (Å²) in [5.74, 6) is 0.741. The lowest BCUT2D eigenvalue weighted by Crippen LogP contribution is -2.41. The number of carbonyl (C=O) groups excluding carboxylic acids is 1. The summed E-state index contributed by atoms with van der Waals surface area (Å²) in [6, 6.07) is 0.0776. The molecule has 4 nitrogen and oxygen atoms in total. The molecule has 2 amide bonds. The fraction of sp³-hybridized carbons (Fsp3) is 0.917. The Hall–Kier alpha value is -0.770. The van der Waals surface area contributed by atoms with Gasteiger partial charge in [-0.05, 0) is 52.1 Å². The van der Waals surface area contributed by atoms with E-state index in [2.05, 4.69) is 10.6 Å². The van der Waals surface area contributed by atoms with Crippen LogP contribution in [0, 0.1) is 5.92 Å². The third kappa shape index (κ3) is 4.39. The highest BCUT2D eigenvalue weighted by molar-refractivity contribution is 5.73. The van der Waals surface area contributed by atoms with Crippen molar-refractivity contribution >= 4 is 6.03 Å². The van der Waals surface area contributed by atoms with Crippen molar-refractivity contribution in [3.63, 3.8) is 0 Å². The molecule has 2 N–H and O–H groups in total. The molecule has 4 heteroatoms. The van der Waals surface area contributed by atoms with Crippen LogP contribution < -0.4 is 10.6 Å². The van der Waals surface area contributed by atoms with Crippen LogP contribution in [0.5, 0.6) is 0 Å². The molecule has 1 aliphatic heterocycles. The minimum absolute atomic E-state index is 0.0776. The van der Waals surface area contributed by atoms with Gasteiger partial charge in [-0.15, -0.1) is 0 Å². The van der Waals surface area contributed by atoms with Gasteiger partial charge in [-0.25, -0.2) is 4.79 Å². The fourth-order valence-corrected chi connectivity index (χ4v) is 2.18. The molecule has 94 valence electrons. The van der Waals surface area contributed by atoms with Crippen molar-refractivity contribution in [3.05, 3.63) is 0 Å². The van der Waals surface area contributed by atoms with Gasteiger partial charge in [0, 0.05) is 19.6 Å². The van der Waals surface area contributed by atoms with E-state index < -0.39 is 0 Å². The molecule has 1 atom stereocenters. The quantitative estimate of drug-likeness (QED) is 0.746. The Labute approximate surface area is 98.8 Å². The summed E-state index contributed by atoms with van der Waals surface area (Å²) in [5.41, 5.74) is 0. The molecule has 0 radical (unpaired) electrons.